The molecule has 2 aromatic carbocycles. The van der Waals surface area contributed by atoms with E-state index in [0.717, 1.165) is 29.7 Å². The van der Waals surface area contributed by atoms with Gasteiger partial charge in [-0.2, -0.15) is 0 Å². The highest BCUT2D eigenvalue weighted by atomic mass is 16.2. The average Bonchev–Trinajstić information content (AvgIpc) is 2.81. The van der Waals surface area contributed by atoms with Gasteiger partial charge in [-0.1, -0.05) is 63.2 Å². The predicted octanol–water partition coefficient (Wildman–Crippen LogP) is 4.76. The molecule has 0 atom stereocenters. The number of likely N-dealkylation sites (tertiary alicyclic amines) is 1. The van der Waals surface area contributed by atoms with Gasteiger partial charge < -0.3 is 15.1 Å². The normalized spacial score (nSPS) is 17.1. The lowest BCUT2D eigenvalue weighted by Gasteiger charge is -2.40. The van der Waals surface area contributed by atoms with Crippen molar-refractivity contribution in [3.8, 4) is 0 Å². The van der Waals surface area contributed by atoms with Crippen LogP contribution in [0.4, 0.5) is 10.5 Å². The first-order valence-corrected chi connectivity index (χ1v) is 11.5. The fourth-order valence-corrected chi connectivity index (χ4v) is 4.40. The Kier molecular flexibility index (Phi) is 6.36. The minimum Gasteiger partial charge on any atom is -0.339 e. The fraction of sp³-hybridized carbons (Fsp3) is 0.370. The van der Waals surface area contributed by atoms with Crippen molar-refractivity contribution in [3.05, 3.63) is 77.4 Å². The lowest BCUT2D eigenvalue weighted by molar-refractivity contribution is -0.127. The first-order chi connectivity index (χ1) is 15.7. The number of anilines is 1. The van der Waals surface area contributed by atoms with Crippen molar-refractivity contribution < 1.29 is 14.4 Å². The summed E-state index contributed by atoms with van der Waals surface area (Å²) >= 11 is 0. The molecule has 0 aromatic heterocycles. The Morgan fingerprint density at radius 2 is 1.64 bits per heavy atom. The van der Waals surface area contributed by atoms with Gasteiger partial charge in [-0.05, 0) is 41.5 Å². The van der Waals surface area contributed by atoms with Crippen LogP contribution in [0.1, 0.15) is 55.1 Å². The number of piperidine rings is 1. The zero-order valence-corrected chi connectivity index (χ0v) is 19.5. The van der Waals surface area contributed by atoms with Crippen LogP contribution in [0.2, 0.25) is 0 Å². The number of benzene rings is 2. The van der Waals surface area contributed by atoms with Gasteiger partial charge in [0, 0.05) is 43.0 Å². The third-order valence-corrected chi connectivity index (χ3v) is 6.49. The van der Waals surface area contributed by atoms with Crippen LogP contribution in [0.25, 0.3) is 0 Å². The number of ketones is 1. The molecule has 0 aliphatic carbocycles. The smallest absolute Gasteiger partial charge is 0.322 e. The summed E-state index contributed by atoms with van der Waals surface area (Å²) in [7, 11) is 0. The van der Waals surface area contributed by atoms with Gasteiger partial charge in [0.1, 0.15) is 0 Å². The molecule has 33 heavy (non-hydrogen) atoms. The summed E-state index contributed by atoms with van der Waals surface area (Å²) in [5.41, 5.74) is 3.73. The summed E-state index contributed by atoms with van der Waals surface area (Å²) < 4.78 is 0. The van der Waals surface area contributed by atoms with Crippen molar-refractivity contribution in [3.63, 3.8) is 0 Å². The number of nitrogens with one attached hydrogen (secondary N) is 1. The average molecular weight is 446 g/mol. The minimum atomic E-state index is -0.178. The number of urea groups is 1. The van der Waals surface area contributed by atoms with Crippen LogP contribution < -0.4 is 5.32 Å². The third-order valence-electron chi connectivity index (χ3n) is 6.49. The molecule has 1 N–H and O–H groups in total. The van der Waals surface area contributed by atoms with E-state index in [-0.39, 0.29) is 29.2 Å². The highest BCUT2D eigenvalue weighted by Gasteiger charge is 2.32. The van der Waals surface area contributed by atoms with Crippen molar-refractivity contribution in [1.29, 1.82) is 0 Å². The maximum atomic E-state index is 12.6. The molecule has 2 heterocycles. The van der Waals surface area contributed by atoms with E-state index in [9.17, 15) is 14.4 Å². The number of carbonyl (C=O) groups excluding carboxylic acids is 3. The Morgan fingerprint density at radius 3 is 2.30 bits per heavy atom. The SMILES string of the molecule is CC(C)(C)c1ccc(C(=O)C=CC(=O)N2CCC(N3Cc4ccccc4NC3=O)CC2)cc1. The highest BCUT2D eigenvalue weighted by molar-refractivity contribution is 6.07. The molecule has 3 amide bonds. The molecular formula is C27H31N3O3. The van der Waals surface area contributed by atoms with Gasteiger partial charge in [0.2, 0.25) is 5.91 Å². The zero-order valence-electron chi connectivity index (χ0n) is 19.5. The van der Waals surface area contributed by atoms with Crippen LogP contribution in [-0.2, 0) is 16.8 Å². The van der Waals surface area contributed by atoms with Crippen molar-refractivity contribution in [2.24, 2.45) is 0 Å². The molecule has 0 bridgehead atoms. The highest BCUT2D eigenvalue weighted by Crippen LogP contribution is 2.27. The second-order valence-electron chi connectivity index (χ2n) is 9.80. The summed E-state index contributed by atoms with van der Waals surface area (Å²) in [6.45, 7) is 8.09. The van der Waals surface area contributed by atoms with Crippen LogP contribution in [0.15, 0.2) is 60.7 Å². The standard InChI is InChI=1S/C27H31N3O3/c1-27(2,3)21-10-8-19(9-11-21)24(31)12-13-25(32)29-16-14-22(15-17-29)30-18-20-6-4-5-7-23(20)28-26(30)33/h4-13,22H,14-18H2,1-3H3,(H,28,33). The van der Waals surface area contributed by atoms with Crippen LogP contribution in [-0.4, -0.2) is 46.7 Å². The van der Waals surface area contributed by atoms with Crippen LogP contribution in [0, 0.1) is 0 Å². The number of para-hydroxylation sites is 1. The summed E-state index contributed by atoms with van der Waals surface area (Å²) in [5.74, 6) is -0.344. The van der Waals surface area contributed by atoms with Crippen molar-refractivity contribution in [2.75, 3.05) is 18.4 Å². The number of fused-ring (bicyclic) bond motifs is 1. The molecule has 0 radical (unpaired) electrons. The van der Waals surface area contributed by atoms with Gasteiger partial charge in [0.05, 0.1) is 0 Å². The second kappa shape index (κ2) is 9.22. The summed E-state index contributed by atoms with van der Waals surface area (Å²) in [5, 5.41) is 2.96. The van der Waals surface area contributed by atoms with Gasteiger partial charge in [-0.3, -0.25) is 9.59 Å². The Balaban J connectivity index is 1.31. The maximum Gasteiger partial charge on any atom is 0.322 e. The van der Waals surface area contributed by atoms with Crippen LogP contribution in [0.3, 0.4) is 0 Å². The molecule has 6 heteroatoms. The van der Waals surface area contributed by atoms with Gasteiger partial charge in [-0.15, -0.1) is 0 Å². The fourth-order valence-electron chi connectivity index (χ4n) is 4.40. The zero-order chi connectivity index (χ0) is 23.6. The molecule has 2 aliphatic heterocycles. The number of rotatable bonds is 4. The van der Waals surface area contributed by atoms with Gasteiger partial charge >= 0.3 is 6.03 Å². The summed E-state index contributed by atoms with van der Waals surface area (Å²) in [6.07, 6.45) is 4.16. The van der Waals surface area contributed by atoms with Crippen molar-refractivity contribution in [2.45, 2.75) is 51.6 Å². The number of hydrogen-bond acceptors (Lipinski definition) is 3. The van der Waals surface area contributed by atoms with E-state index in [4.69, 9.17) is 0 Å². The lowest BCUT2D eigenvalue weighted by atomic mass is 9.86. The number of carbonyl (C=O) groups is 3. The van der Waals surface area contributed by atoms with E-state index in [0.29, 0.717) is 25.2 Å². The summed E-state index contributed by atoms with van der Waals surface area (Å²) in [4.78, 5) is 41.3. The molecule has 172 valence electrons. The number of allylic oxidation sites excluding steroid dienone is 1. The van der Waals surface area contributed by atoms with Gasteiger partial charge in [0.25, 0.3) is 0 Å². The molecule has 4 rings (SSSR count). The van der Waals surface area contributed by atoms with E-state index in [1.165, 1.54) is 12.2 Å². The topological polar surface area (TPSA) is 69.7 Å². The number of nitrogens with zero attached hydrogens (tertiary/aromatic N) is 2. The molecular weight excluding hydrogens is 414 g/mol. The van der Waals surface area contributed by atoms with E-state index in [1.54, 1.807) is 4.90 Å². The van der Waals surface area contributed by atoms with Crippen molar-refractivity contribution >= 4 is 23.4 Å². The number of hydrogen-bond donors (Lipinski definition) is 1. The van der Waals surface area contributed by atoms with E-state index in [2.05, 4.69) is 26.1 Å². The Hall–Kier alpha value is -3.41. The van der Waals surface area contributed by atoms with Crippen LogP contribution >= 0.6 is 0 Å². The van der Waals surface area contributed by atoms with E-state index < -0.39 is 0 Å². The molecule has 2 aromatic rings. The van der Waals surface area contributed by atoms with E-state index in [1.807, 2.05) is 53.4 Å². The Morgan fingerprint density at radius 1 is 0.970 bits per heavy atom. The third kappa shape index (κ3) is 5.16. The van der Waals surface area contributed by atoms with E-state index >= 15 is 0 Å². The quantitative estimate of drug-likeness (QED) is 0.545. The molecule has 2 aliphatic rings. The lowest BCUT2D eigenvalue weighted by Crippen LogP contribution is -2.50. The Labute approximate surface area is 195 Å². The Bertz CT molecular complexity index is 1070. The monoisotopic (exact) mass is 445 g/mol. The largest absolute Gasteiger partial charge is 0.339 e. The predicted molar refractivity (Wildman–Crippen MR) is 129 cm³/mol. The first-order valence-electron chi connectivity index (χ1n) is 11.5. The maximum absolute atomic E-state index is 12.6. The second-order valence-corrected chi connectivity index (χ2v) is 9.80. The summed E-state index contributed by atoms with van der Waals surface area (Å²) in [6, 6.07) is 15.4. The number of amides is 3. The van der Waals surface area contributed by atoms with Gasteiger partial charge in [0.15, 0.2) is 5.78 Å². The molecule has 0 saturated carbocycles. The van der Waals surface area contributed by atoms with Crippen molar-refractivity contribution in [1.82, 2.24) is 9.80 Å². The molecule has 0 spiro atoms. The molecule has 0 unspecified atom stereocenters. The molecule has 6 nitrogen and oxygen atoms in total. The molecule has 1 fully saturated rings. The minimum absolute atomic E-state index is 0.0256. The van der Waals surface area contributed by atoms with Crippen LogP contribution in [0.5, 0.6) is 0 Å². The molecule has 1 saturated heterocycles. The first kappa shape index (κ1) is 22.8. The van der Waals surface area contributed by atoms with Gasteiger partial charge in [-0.25, -0.2) is 4.79 Å².